The Kier molecular flexibility index (Phi) is 8.33. The van der Waals surface area contributed by atoms with E-state index < -0.39 is 5.82 Å². The molecule has 154 valence electrons. The van der Waals surface area contributed by atoms with E-state index in [4.69, 9.17) is 0 Å². The zero-order valence-corrected chi connectivity index (χ0v) is 17.9. The van der Waals surface area contributed by atoms with Crippen molar-refractivity contribution in [2.75, 3.05) is 25.5 Å². The number of amides is 3. The van der Waals surface area contributed by atoms with Gasteiger partial charge in [0.25, 0.3) is 5.91 Å². The average molecular weight is 464 g/mol. The molecule has 2 aromatic carbocycles. The topological polar surface area (TPSA) is 78.5 Å². The summed E-state index contributed by atoms with van der Waals surface area (Å²) >= 11 is 3.37. The third kappa shape index (κ3) is 7.30. The Morgan fingerprint density at radius 2 is 1.79 bits per heavy atom. The van der Waals surface area contributed by atoms with Crippen LogP contribution in [-0.2, 0) is 9.59 Å². The first-order valence-electron chi connectivity index (χ1n) is 9.10. The van der Waals surface area contributed by atoms with Crippen molar-refractivity contribution in [2.24, 2.45) is 0 Å². The summed E-state index contributed by atoms with van der Waals surface area (Å²) in [6, 6.07) is 10.7. The van der Waals surface area contributed by atoms with Crippen molar-refractivity contribution in [3.63, 3.8) is 0 Å². The molecular formula is C21H23BrFN3O3. The molecule has 0 spiro atoms. The van der Waals surface area contributed by atoms with Gasteiger partial charge in [0.1, 0.15) is 5.82 Å². The summed E-state index contributed by atoms with van der Waals surface area (Å²) < 4.78 is 13.8. The van der Waals surface area contributed by atoms with Gasteiger partial charge in [-0.15, -0.1) is 0 Å². The van der Waals surface area contributed by atoms with Crippen molar-refractivity contribution >= 4 is 39.3 Å². The van der Waals surface area contributed by atoms with Crippen LogP contribution < -0.4 is 10.6 Å². The molecule has 0 saturated carbocycles. The molecule has 2 aromatic rings. The highest BCUT2D eigenvalue weighted by Gasteiger charge is 2.14. The fraction of sp³-hybridized carbons (Fsp3) is 0.286. The van der Waals surface area contributed by atoms with Gasteiger partial charge in [-0.2, -0.15) is 0 Å². The van der Waals surface area contributed by atoms with Crippen molar-refractivity contribution < 1.29 is 18.8 Å². The molecule has 0 bridgehead atoms. The van der Waals surface area contributed by atoms with E-state index >= 15 is 0 Å². The molecule has 0 atom stereocenters. The summed E-state index contributed by atoms with van der Waals surface area (Å²) in [7, 11) is 1.56. The predicted molar refractivity (Wildman–Crippen MR) is 113 cm³/mol. The van der Waals surface area contributed by atoms with Crippen LogP contribution in [0.2, 0.25) is 0 Å². The zero-order chi connectivity index (χ0) is 21.4. The number of nitrogens with one attached hydrogen (secondary N) is 2. The molecule has 6 nitrogen and oxygen atoms in total. The Morgan fingerprint density at radius 3 is 2.45 bits per heavy atom. The largest absolute Gasteiger partial charge is 0.352 e. The third-order valence-electron chi connectivity index (χ3n) is 4.23. The van der Waals surface area contributed by atoms with Crippen LogP contribution in [0.15, 0.2) is 46.9 Å². The van der Waals surface area contributed by atoms with E-state index in [0.717, 1.165) is 10.0 Å². The second-order valence-electron chi connectivity index (χ2n) is 6.62. The van der Waals surface area contributed by atoms with Gasteiger partial charge in [-0.1, -0.05) is 15.9 Å². The first kappa shape index (κ1) is 22.5. The Labute approximate surface area is 177 Å². The average Bonchev–Trinajstić information content (AvgIpc) is 2.67. The molecule has 0 aliphatic rings. The Morgan fingerprint density at radius 1 is 1.10 bits per heavy atom. The highest BCUT2D eigenvalue weighted by molar-refractivity contribution is 9.10. The van der Waals surface area contributed by atoms with Gasteiger partial charge in [-0.05, 0) is 61.4 Å². The monoisotopic (exact) mass is 463 g/mol. The summed E-state index contributed by atoms with van der Waals surface area (Å²) in [6.45, 7) is 2.13. The minimum atomic E-state index is -0.408. The number of hydrogen-bond donors (Lipinski definition) is 2. The van der Waals surface area contributed by atoms with Crippen molar-refractivity contribution in [3.05, 3.63) is 63.9 Å². The number of aryl methyl sites for hydroxylation is 1. The fourth-order valence-corrected chi connectivity index (χ4v) is 3.07. The maximum Gasteiger partial charge on any atom is 0.251 e. The van der Waals surface area contributed by atoms with Crippen LogP contribution >= 0.6 is 15.9 Å². The SMILES string of the molecule is Cc1cc(Br)ccc1NC(=O)CN(C)C(=O)CCCNC(=O)c1ccc(F)cc1. The van der Waals surface area contributed by atoms with E-state index in [1.54, 1.807) is 13.1 Å². The van der Waals surface area contributed by atoms with Crippen LogP contribution in [0.5, 0.6) is 0 Å². The van der Waals surface area contributed by atoms with Crippen molar-refractivity contribution in [2.45, 2.75) is 19.8 Å². The van der Waals surface area contributed by atoms with Gasteiger partial charge in [0.05, 0.1) is 6.54 Å². The van der Waals surface area contributed by atoms with Gasteiger partial charge in [-0.25, -0.2) is 4.39 Å². The number of anilines is 1. The van der Waals surface area contributed by atoms with Gasteiger partial charge in [0, 0.05) is 35.7 Å². The van der Waals surface area contributed by atoms with Crippen molar-refractivity contribution in [3.8, 4) is 0 Å². The number of carbonyl (C=O) groups excluding carboxylic acids is 3. The molecule has 0 aromatic heterocycles. The van der Waals surface area contributed by atoms with Crippen LogP contribution in [0.25, 0.3) is 0 Å². The number of likely N-dealkylation sites (N-methyl/N-ethyl adjacent to an activating group) is 1. The standard InChI is InChI=1S/C21H23BrFN3O3/c1-14-12-16(22)7-10-18(14)25-19(27)13-26(2)20(28)4-3-11-24-21(29)15-5-8-17(23)9-6-15/h5-10,12H,3-4,11,13H2,1-2H3,(H,24,29)(H,25,27). The maximum absolute atomic E-state index is 12.9. The van der Waals surface area contributed by atoms with E-state index in [2.05, 4.69) is 26.6 Å². The summed E-state index contributed by atoms with van der Waals surface area (Å²) in [4.78, 5) is 37.6. The van der Waals surface area contributed by atoms with Crippen LogP contribution in [0.3, 0.4) is 0 Å². The lowest BCUT2D eigenvalue weighted by atomic mass is 10.2. The number of hydrogen-bond acceptors (Lipinski definition) is 3. The van der Waals surface area contributed by atoms with Crippen LogP contribution in [0.4, 0.5) is 10.1 Å². The van der Waals surface area contributed by atoms with Gasteiger partial charge in [-0.3, -0.25) is 14.4 Å². The number of carbonyl (C=O) groups is 3. The highest BCUT2D eigenvalue weighted by atomic mass is 79.9. The smallest absolute Gasteiger partial charge is 0.251 e. The molecule has 29 heavy (non-hydrogen) atoms. The summed E-state index contributed by atoms with van der Waals surface area (Å²) in [5, 5.41) is 5.47. The van der Waals surface area contributed by atoms with Crippen LogP contribution in [0, 0.1) is 12.7 Å². The second kappa shape index (κ2) is 10.7. The lowest BCUT2D eigenvalue weighted by Crippen LogP contribution is -2.35. The van der Waals surface area contributed by atoms with E-state index in [1.807, 2.05) is 19.1 Å². The second-order valence-corrected chi connectivity index (χ2v) is 7.54. The quantitative estimate of drug-likeness (QED) is 0.587. The molecular weight excluding hydrogens is 441 g/mol. The molecule has 3 amide bonds. The summed E-state index contributed by atoms with van der Waals surface area (Å²) in [5.41, 5.74) is 1.97. The van der Waals surface area contributed by atoms with Crippen molar-refractivity contribution in [1.82, 2.24) is 10.2 Å². The fourth-order valence-electron chi connectivity index (χ4n) is 2.60. The summed E-state index contributed by atoms with van der Waals surface area (Å²) in [6.07, 6.45) is 0.633. The third-order valence-corrected chi connectivity index (χ3v) is 4.72. The highest BCUT2D eigenvalue weighted by Crippen LogP contribution is 2.19. The molecule has 2 N–H and O–H groups in total. The maximum atomic E-state index is 12.9. The molecule has 2 rings (SSSR count). The molecule has 0 radical (unpaired) electrons. The molecule has 0 heterocycles. The Hall–Kier alpha value is -2.74. The number of nitrogens with zero attached hydrogens (tertiary/aromatic N) is 1. The first-order chi connectivity index (χ1) is 13.8. The lowest BCUT2D eigenvalue weighted by Gasteiger charge is -2.17. The van der Waals surface area contributed by atoms with Crippen LogP contribution in [-0.4, -0.2) is 42.8 Å². The zero-order valence-electron chi connectivity index (χ0n) is 16.3. The number of halogens is 2. The van der Waals surface area contributed by atoms with E-state index in [0.29, 0.717) is 24.2 Å². The van der Waals surface area contributed by atoms with Gasteiger partial charge in [0.2, 0.25) is 11.8 Å². The molecule has 0 aliphatic carbocycles. The minimum Gasteiger partial charge on any atom is -0.352 e. The van der Waals surface area contributed by atoms with E-state index in [9.17, 15) is 18.8 Å². The van der Waals surface area contributed by atoms with Crippen molar-refractivity contribution in [1.29, 1.82) is 0 Å². The minimum absolute atomic E-state index is 0.0593. The molecule has 0 aliphatic heterocycles. The molecule has 8 heteroatoms. The van der Waals surface area contributed by atoms with Gasteiger partial charge >= 0.3 is 0 Å². The van der Waals surface area contributed by atoms with Crippen LogP contribution in [0.1, 0.15) is 28.8 Å². The first-order valence-corrected chi connectivity index (χ1v) is 9.89. The number of rotatable bonds is 8. The molecule has 0 unspecified atom stereocenters. The molecule has 0 saturated heterocycles. The molecule has 0 fully saturated rings. The Bertz CT molecular complexity index is 887. The van der Waals surface area contributed by atoms with Gasteiger partial charge in [0.15, 0.2) is 0 Å². The predicted octanol–water partition coefficient (Wildman–Crippen LogP) is 3.50. The lowest BCUT2D eigenvalue weighted by molar-refractivity contribution is -0.133. The van der Waals surface area contributed by atoms with E-state index in [-0.39, 0.29) is 30.7 Å². The Balaban J connectivity index is 1.70. The normalized spacial score (nSPS) is 10.3. The number of benzene rings is 2. The summed E-state index contributed by atoms with van der Waals surface area (Å²) in [5.74, 6) is -1.20. The van der Waals surface area contributed by atoms with E-state index in [1.165, 1.54) is 29.2 Å². The van der Waals surface area contributed by atoms with Gasteiger partial charge < -0.3 is 15.5 Å².